The summed E-state index contributed by atoms with van der Waals surface area (Å²) in [5.74, 6) is 0.814. The zero-order valence-corrected chi connectivity index (χ0v) is 11.8. The van der Waals surface area contributed by atoms with Crippen LogP contribution in [0.5, 0.6) is 0 Å². The maximum Gasteiger partial charge on any atom is 0.0841 e. The van der Waals surface area contributed by atoms with Crippen LogP contribution >= 0.6 is 0 Å². The lowest BCUT2D eigenvalue weighted by atomic mass is 9.84. The van der Waals surface area contributed by atoms with Crippen molar-refractivity contribution < 1.29 is 4.74 Å². The topological polar surface area (TPSA) is 9.23 Å². The molecule has 2 rings (SSSR count). The molecule has 0 radical (unpaired) electrons. The molecular formula is C16H28O. The molecular weight excluding hydrogens is 208 g/mol. The largest absolute Gasteiger partial charge is 0.365 e. The predicted octanol–water partition coefficient (Wildman–Crippen LogP) is 4.86. The second-order valence-corrected chi connectivity index (χ2v) is 6.79. The first-order valence-corrected chi connectivity index (χ1v) is 7.39. The Hall–Kier alpha value is -0.300. The lowest BCUT2D eigenvalue weighted by Crippen LogP contribution is -2.42. The molecule has 1 aliphatic carbocycles. The van der Waals surface area contributed by atoms with Crippen LogP contribution in [-0.4, -0.2) is 11.2 Å². The molecule has 1 atom stereocenters. The zero-order chi connectivity index (χ0) is 12.4. The van der Waals surface area contributed by atoms with Crippen LogP contribution in [0.1, 0.15) is 72.1 Å². The van der Waals surface area contributed by atoms with Gasteiger partial charge >= 0.3 is 0 Å². The Labute approximate surface area is 107 Å². The molecule has 0 N–H and O–H groups in total. The van der Waals surface area contributed by atoms with Crippen LogP contribution in [0.3, 0.4) is 0 Å². The monoisotopic (exact) mass is 236 g/mol. The lowest BCUT2D eigenvalue weighted by molar-refractivity contribution is -0.140. The molecule has 2 fully saturated rings. The van der Waals surface area contributed by atoms with E-state index in [-0.39, 0.29) is 11.2 Å². The highest BCUT2D eigenvalue weighted by molar-refractivity contribution is 5.05. The Morgan fingerprint density at radius 3 is 2.29 bits per heavy atom. The maximum absolute atomic E-state index is 6.27. The summed E-state index contributed by atoms with van der Waals surface area (Å²) >= 11 is 0. The first-order chi connectivity index (χ1) is 7.99. The van der Waals surface area contributed by atoms with Gasteiger partial charge < -0.3 is 4.74 Å². The molecule has 0 aromatic heterocycles. The molecule has 0 bridgehead atoms. The van der Waals surface area contributed by atoms with Crippen LogP contribution in [0.2, 0.25) is 0 Å². The molecule has 1 heteroatoms. The SMILES string of the molecule is CC1(C)CCCC(C)(/C=C/C2CCCCC2)O1. The fourth-order valence-corrected chi connectivity index (χ4v) is 3.38. The molecule has 0 spiro atoms. The van der Waals surface area contributed by atoms with E-state index >= 15 is 0 Å². The summed E-state index contributed by atoms with van der Waals surface area (Å²) in [6, 6.07) is 0. The highest BCUT2D eigenvalue weighted by Gasteiger charge is 2.35. The van der Waals surface area contributed by atoms with E-state index in [1.807, 2.05) is 0 Å². The van der Waals surface area contributed by atoms with Gasteiger partial charge in [-0.05, 0) is 58.8 Å². The van der Waals surface area contributed by atoms with Crippen LogP contribution in [0.25, 0.3) is 0 Å². The van der Waals surface area contributed by atoms with Gasteiger partial charge in [-0.15, -0.1) is 0 Å². The van der Waals surface area contributed by atoms with E-state index in [9.17, 15) is 0 Å². The summed E-state index contributed by atoms with van der Waals surface area (Å²) in [6.45, 7) is 6.70. The first kappa shape index (κ1) is 13.1. The fourth-order valence-electron chi connectivity index (χ4n) is 3.38. The highest BCUT2D eigenvalue weighted by Crippen LogP contribution is 2.36. The van der Waals surface area contributed by atoms with E-state index in [2.05, 4.69) is 32.9 Å². The van der Waals surface area contributed by atoms with Gasteiger partial charge in [-0.3, -0.25) is 0 Å². The van der Waals surface area contributed by atoms with E-state index in [0.717, 1.165) is 5.92 Å². The number of allylic oxidation sites excluding steroid dienone is 1. The Kier molecular flexibility index (Phi) is 3.97. The third kappa shape index (κ3) is 3.84. The number of hydrogen-bond donors (Lipinski definition) is 0. The van der Waals surface area contributed by atoms with Gasteiger partial charge in [-0.2, -0.15) is 0 Å². The molecule has 17 heavy (non-hydrogen) atoms. The van der Waals surface area contributed by atoms with E-state index in [1.165, 1.54) is 51.4 Å². The molecule has 1 saturated carbocycles. The number of rotatable bonds is 2. The van der Waals surface area contributed by atoms with Crippen LogP contribution in [0.4, 0.5) is 0 Å². The molecule has 1 saturated heterocycles. The van der Waals surface area contributed by atoms with Gasteiger partial charge in [0.1, 0.15) is 0 Å². The summed E-state index contributed by atoms with van der Waals surface area (Å²) in [4.78, 5) is 0. The van der Waals surface area contributed by atoms with E-state index in [4.69, 9.17) is 4.74 Å². The van der Waals surface area contributed by atoms with Crippen molar-refractivity contribution in [1.82, 2.24) is 0 Å². The van der Waals surface area contributed by atoms with Crippen LogP contribution in [-0.2, 0) is 4.74 Å². The minimum Gasteiger partial charge on any atom is -0.365 e. The van der Waals surface area contributed by atoms with E-state index < -0.39 is 0 Å². The molecule has 2 aliphatic rings. The molecule has 0 aromatic carbocycles. The fraction of sp³-hybridized carbons (Fsp3) is 0.875. The Morgan fingerprint density at radius 1 is 0.941 bits per heavy atom. The lowest BCUT2D eigenvalue weighted by Gasteiger charge is -2.42. The van der Waals surface area contributed by atoms with Crippen molar-refractivity contribution in [3.05, 3.63) is 12.2 Å². The van der Waals surface area contributed by atoms with Crippen LogP contribution in [0, 0.1) is 5.92 Å². The van der Waals surface area contributed by atoms with E-state index in [1.54, 1.807) is 0 Å². The van der Waals surface area contributed by atoms with Crippen molar-refractivity contribution in [3.8, 4) is 0 Å². The molecule has 1 nitrogen and oxygen atoms in total. The summed E-state index contributed by atoms with van der Waals surface area (Å²) in [6.07, 6.45) is 15.5. The van der Waals surface area contributed by atoms with Crippen molar-refractivity contribution in [3.63, 3.8) is 0 Å². The van der Waals surface area contributed by atoms with Crippen molar-refractivity contribution in [2.24, 2.45) is 5.92 Å². The summed E-state index contributed by atoms with van der Waals surface area (Å²) < 4.78 is 6.27. The van der Waals surface area contributed by atoms with Gasteiger partial charge in [0.25, 0.3) is 0 Å². The van der Waals surface area contributed by atoms with Crippen LogP contribution in [0.15, 0.2) is 12.2 Å². The van der Waals surface area contributed by atoms with Crippen molar-refractivity contribution in [2.75, 3.05) is 0 Å². The zero-order valence-electron chi connectivity index (χ0n) is 11.8. The quantitative estimate of drug-likeness (QED) is 0.622. The first-order valence-electron chi connectivity index (χ1n) is 7.39. The molecule has 0 aromatic rings. The normalized spacial score (nSPS) is 35.2. The average Bonchev–Trinajstić information content (AvgIpc) is 2.26. The second-order valence-electron chi connectivity index (χ2n) is 6.79. The predicted molar refractivity (Wildman–Crippen MR) is 73.1 cm³/mol. The average molecular weight is 236 g/mol. The van der Waals surface area contributed by atoms with E-state index in [0.29, 0.717) is 0 Å². The highest BCUT2D eigenvalue weighted by atomic mass is 16.5. The Morgan fingerprint density at radius 2 is 1.65 bits per heavy atom. The van der Waals surface area contributed by atoms with Crippen molar-refractivity contribution in [2.45, 2.75) is 83.3 Å². The Bertz CT molecular complexity index is 273. The van der Waals surface area contributed by atoms with Gasteiger partial charge in [0.05, 0.1) is 11.2 Å². The van der Waals surface area contributed by atoms with Crippen molar-refractivity contribution >= 4 is 0 Å². The minimum atomic E-state index is -0.0147. The summed E-state index contributed by atoms with van der Waals surface area (Å²) in [5, 5.41) is 0. The second kappa shape index (κ2) is 5.14. The molecule has 98 valence electrons. The minimum absolute atomic E-state index is 0.0147. The Balaban J connectivity index is 1.93. The van der Waals surface area contributed by atoms with Gasteiger partial charge in [0.15, 0.2) is 0 Å². The smallest absolute Gasteiger partial charge is 0.0841 e. The summed E-state index contributed by atoms with van der Waals surface area (Å²) in [7, 11) is 0. The van der Waals surface area contributed by atoms with Gasteiger partial charge in [-0.25, -0.2) is 0 Å². The van der Waals surface area contributed by atoms with Crippen LogP contribution < -0.4 is 0 Å². The molecule has 1 aliphatic heterocycles. The molecule has 0 amide bonds. The third-order valence-corrected chi connectivity index (χ3v) is 4.33. The third-order valence-electron chi connectivity index (χ3n) is 4.33. The van der Waals surface area contributed by atoms with Crippen molar-refractivity contribution in [1.29, 1.82) is 0 Å². The molecule has 1 heterocycles. The number of ether oxygens (including phenoxy) is 1. The van der Waals surface area contributed by atoms with Gasteiger partial charge in [-0.1, -0.05) is 31.4 Å². The number of hydrogen-bond acceptors (Lipinski definition) is 1. The van der Waals surface area contributed by atoms with Gasteiger partial charge in [0, 0.05) is 0 Å². The van der Waals surface area contributed by atoms with Gasteiger partial charge in [0.2, 0.25) is 0 Å². The standard InChI is InChI=1S/C16H28O/c1-15(2)11-7-12-16(3,17-15)13-10-14-8-5-4-6-9-14/h10,13-14H,4-9,11-12H2,1-3H3/b13-10+. The molecule has 1 unspecified atom stereocenters. The summed E-state index contributed by atoms with van der Waals surface area (Å²) in [5.41, 5.74) is 0.0447. The maximum atomic E-state index is 6.27.